The first-order valence-corrected chi connectivity index (χ1v) is 14.6. The maximum atomic E-state index is 11.6. The molecule has 6 nitrogen and oxygen atoms in total. The van der Waals surface area contributed by atoms with Crippen molar-refractivity contribution in [3.63, 3.8) is 0 Å². The van der Waals surface area contributed by atoms with Crippen molar-refractivity contribution in [3.05, 3.63) is 70.4 Å². The fourth-order valence-electron chi connectivity index (χ4n) is 6.13. The van der Waals surface area contributed by atoms with Crippen molar-refractivity contribution in [3.8, 4) is 21.7 Å². The van der Waals surface area contributed by atoms with Crippen LogP contribution in [0.2, 0.25) is 5.02 Å². The van der Waals surface area contributed by atoms with Gasteiger partial charge >= 0.3 is 0 Å². The average Bonchev–Trinajstić information content (AvgIpc) is 3.62. The lowest BCUT2D eigenvalue weighted by Gasteiger charge is -2.34. The topological polar surface area (TPSA) is 60.2 Å². The predicted molar refractivity (Wildman–Crippen MR) is 158 cm³/mol. The van der Waals surface area contributed by atoms with Gasteiger partial charge in [0.25, 0.3) is 0 Å². The van der Waals surface area contributed by atoms with Crippen molar-refractivity contribution >= 4 is 50.3 Å². The van der Waals surface area contributed by atoms with E-state index in [1.54, 1.807) is 11.3 Å². The van der Waals surface area contributed by atoms with E-state index in [1.165, 1.54) is 11.1 Å². The molecule has 2 aliphatic rings. The molecule has 2 aromatic heterocycles. The van der Waals surface area contributed by atoms with Gasteiger partial charge in [-0.25, -0.2) is 4.98 Å². The Bertz CT molecular complexity index is 1720. The lowest BCUT2D eigenvalue weighted by Crippen LogP contribution is -2.47. The summed E-state index contributed by atoms with van der Waals surface area (Å²) in [5.41, 5.74) is 8.62. The van der Waals surface area contributed by atoms with Gasteiger partial charge in [-0.3, -0.25) is 9.58 Å². The molecule has 2 saturated heterocycles. The number of hydrogen-bond donors (Lipinski definition) is 0. The Morgan fingerprint density at radius 1 is 1.13 bits per heavy atom. The van der Waals surface area contributed by atoms with E-state index in [9.17, 15) is 4.79 Å². The summed E-state index contributed by atoms with van der Waals surface area (Å²) >= 11 is 7.88. The average molecular weight is 557 g/mol. The first kappa shape index (κ1) is 24.9. The number of ether oxygens (including phenoxy) is 1. The smallest absolute Gasteiger partial charge is 0.124 e. The van der Waals surface area contributed by atoms with Crippen LogP contribution in [0.25, 0.3) is 42.8 Å². The molecule has 4 heterocycles. The molecule has 0 bridgehead atoms. The first-order chi connectivity index (χ1) is 19.0. The molecular weight excluding hydrogens is 528 g/mol. The number of carbonyl (C=O) groups excluding carboxylic acids is 1. The highest BCUT2D eigenvalue weighted by Crippen LogP contribution is 2.42. The van der Waals surface area contributed by atoms with E-state index in [4.69, 9.17) is 26.4 Å². The Balaban J connectivity index is 1.33. The Hall–Kier alpha value is -3.10. The molecule has 7 rings (SSSR count). The zero-order valence-corrected chi connectivity index (χ0v) is 23.6. The van der Waals surface area contributed by atoms with E-state index in [1.807, 2.05) is 36.0 Å². The first-order valence-electron chi connectivity index (χ1n) is 13.4. The summed E-state index contributed by atoms with van der Waals surface area (Å²) in [6.45, 7) is 5.90. The second kappa shape index (κ2) is 9.82. The molecule has 8 heteroatoms. The molecule has 3 aromatic carbocycles. The number of carbonyl (C=O) groups is 1. The normalized spacial score (nSPS) is 18.3. The molecule has 0 spiro atoms. The van der Waals surface area contributed by atoms with Crippen LogP contribution in [-0.2, 0) is 23.0 Å². The van der Waals surface area contributed by atoms with E-state index in [-0.39, 0.29) is 0 Å². The van der Waals surface area contributed by atoms with Gasteiger partial charge in [0, 0.05) is 47.5 Å². The van der Waals surface area contributed by atoms with Crippen LogP contribution in [0.15, 0.2) is 48.5 Å². The third kappa shape index (κ3) is 4.28. The van der Waals surface area contributed by atoms with Gasteiger partial charge in [-0.05, 0) is 73.0 Å². The molecule has 0 radical (unpaired) electrons. The van der Waals surface area contributed by atoms with Crippen LogP contribution in [0.4, 0.5) is 0 Å². The second-order valence-electron chi connectivity index (χ2n) is 10.7. The molecule has 1 unspecified atom stereocenters. The van der Waals surface area contributed by atoms with Crippen molar-refractivity contribution in [2.24, 2.45) is 7.05 Å². The predicted octanol–water partition coefficient (Wildman–Crippen LogP) is 6.41. The molecule has 2 aliphatic heterocycles. The summed E-state index contributed by atoms with van der Waals surface area (Å²) in [6, 6.07) is 17.1. The van der Waals surface area contributed by atoms with Crippen molar-refractivity contribution in [2.75, 3.05) is 26.3 Å². The zero-order chi connectivity index (χ0) is 26.7. The van der Waals surface area contributed by atoms with E-state index < -0.39 is 0 Å². The van der Waals surface area contributed by atoms with Crippen LogP contribution in [0.5, 0.6) is 0 Å². The maximum Gasteiger partial charge on any atom is 0.124 e. The van der Waals surface area contributed by atoms with Crippen molar-refractivity contribution < 1.29 is 9.53 Å². The summed E-state index contributed by atoms with van der Waals surface area (Å²) in [5.74, 6) is 0.421. The number of nitrogens with zero attached hydrogens (tertiary/aromatic N) is 4. The summed E-state index contributed by atoms with van der Waals surface area (Å²) in [5, 5.41) is 7.86. The minimum Gasteiger partial charge on any atom is -0.378 e. The number of hydrogen-bond acceptors (Lipinski definition) is 6. The second-order valence-corrected chi connectivity index (χ2v) is 12.1. The molecule has 39 heavy (non-hydrogen) atoms. The van der Waals surface area contributed by atoms with Gasteiger partial charge in [0.15, 0.2) is 0 Å². The number of thiazole rings is 1. The van der Waals surface area contributed by atoms with Crippen molar-refractivity contribution in [2.45, 2.75) is 31.7 Å². The summed E-state index contributed by atoms with van der Waals surface area (Å²) in [6.07, 6.45) is 2.47. The summed E-state index contributed by atoms with van der Waals surface area (Å²) in [4.78, 5) is 19.3. The lowest BCUT2D eigenvalue weighted by molar-refractivity contribution is -0.107. The van der Waals surface area contributed by atoms with Gasteiger partial charge in [-0.2, -0.15) is 5.10 Å². The number of halogens is 1. The third-order valence-corrected chi connectivity index (χ3v) is 9.69. The third-order valence-electron chi connectivity index (χ3n) is 8.30. The number of benzene rings is 3. The van der Waals surface area contributed by atoms with Crippen LogP contribution in [-0.4, -0.2) is 58.3 Å². The number of aldehydes is 1. The molecule has 2 fully saturated rings. The highest BCUT2D eigenvalue weighted by molar-refractivity contribution is 7.22. The number of aryl methyl sites for hydroxylation is 2. The van der Waals surface area contributed by atoms with E-state index >= 15 is 0 Å². The minimum absolute atomic E-state index is 0.364. The van der Waals surface area contributed by atoms with Gasteiger partial charge in [-0.1, -0.05) is 23.7 Å². The molecule has 198 valence electrons. The highest BCUT2D eigenvalue weighted by atomic mass is 35.5. The fraction of sp³-hybridized carbons (Fsp3) is 0.323. The zero-order valence-electron chi connectivity index (χ0n) is 22.0. The van der Waals surface area contributed by atoms with Crippen molar-refractivity contribution in [1.82, 2.24) is 19.7 Å². The largest absolute Gasteiger partial charge is 0.378 e. The van der Waals surface area contributed by atoms with E-state index in [2.05, 4.69) is 36.1 Å². The molecule has 0 N–H and O–H groups in total. The van der Waals surface area contributed by atoms with E-state index in [0.717, 1.165) is 87.6 Å². The molecule has 5 aromatic rings. The maximum absolute atomic E-state index is 11.6. The number of aromatic nitrogens is 3. The van der Waals surface area contributed by atoms with Crippen LogP contribution < -0.4 is 0 Å². The molecule has 0 aliphatic carbocycles. The SMILES string of the molecule is Cc1cc2nc(-c3ccc4c(c3)c(C3CCN(C5COC5)C3)nn4C)sc2c(-c2ccc(Cl)cc2)c1CC=O. The minimum atomic E-state index is 0.364. The Morgan fingerprint density at radius 2 is 1.92 bits per heavy atom. The number of rotatable bonds is 6. The van der Waals surface area contributed by atoms with Crippen LogP contribution in [0.1, 0.15) is 29.2 Å². The fourth-order valence-corrected chi connectivity index (χ4v) is 7.39. The van der Waals surface area contributed by atoms with Crippen molar-refractivity contribution in [1.29, 1.82) is 0 Å². The van der Waals surface area contributed by atoms with Gasteiger partial charge in [0.1, 0.15) is 11.3 Å². The van der Waals surface area contributed by atoms with Gasteiger partial charge in [0.2, 0.25) is 0 Å². The molecule has 1 atom stereocenters. The van der Waals surface area contributed by atoms with Crippen LogP contribution in [0.3, 0.4) is 0 Å². The summed E-state index contributed by atoms with van der Waals surface area (Å²) in [7, 11) is 2.03. The quantitative estimate of drug-likeness (QED) is 0.226. The standard InChI is InChI=1S/C31H29ClN4O2S/c1-18-13-26-30(28(24(18)10-12-37)19-3-6-22(32)7-4-19)39-31(33-26)20-5-8-27-25(14-20)29(34-35(27)2)21-9-11-36(15-21)23-16-38-17-23/h3-8,12-14,21,23H,9-11,15-17H2,1-2H3. The Morgan fingerprint density at radius 3 is 2.67 bits per heavy atom. The number of likely N-dealkylation sites (tertiary alicyclic amines) is 1. The van der Waals surface area contributed by atoms with Crippen LogP contribution >= 0.6 is 22.9 Å². The lowest BCUT2D eigenvalue weighted by atomic mass is 9.93. The van der Waals surface area contributed by atoms with Gasteiger partial charge in [0.05, 0.1) is 40.7 Å². The molecule has 0 amide bonds. The monoisotopic (exact) mass is 556 g/mol. The molecule has 0 saturated carbocycles. The molecular formula is C31H29ClN4O2S. The number of fused-ring (bicyclic) bond motifs is 2. The highest BCUT2D eigenvalue weighted by Gasteiger charge is 2.34. The Labute approximate surface area is 236 Å². The van der Waals surface area contributed by atoms with E-state index in [0.29, 0.717) is 23.4 Å². The summed E-state index contributed by atoms with van der Waals surface area (Å²) < 4.78 is 8.53. The van der Waals surface area contributed by atoms with Gasteiger partial charge in [-0.15, -0.1) is 11.3 Å². The van der Waals surface area contributed by atoms with Gasteiger partial charge < -0.3 is 9.53 Å². The Kier molecular flexibility index (Phi) is 6.27. The van der Waals surface area contributed by atoms with Crippen LogP contribution in [0, 0.1) is 6.92 Å².